The number of ketones is 1. The molecule has 1 aromatic heterocycles. The van der Waals surface area contributed by atoms with Crippen molar-refractivity contribution >= 4 is 17.4 Å². The summed E-state index contributed by atoms with van der Waals surface area (Å²) in [7, 11) is 0. The van der Waals surface area contributed by atoms with Crippen LogP contribution in [0.2, 0.25) is 0 Å². The van der Waals surface area contributed by atoms with Gasteiger partial charge in [0.2, 0.25) is 0 Å². The third kappa shape index (κ3) is 3.43. The Hall–Kier alpha value is -3.60. The molecule has 0 radical (unpaired) electrons. The molecule has 0 saturated carbocycles. The molecule has 1 unspecified atom stereocenters. The Morgan fingerprint density at radius 2 is 1.73 bits per heavy atom. The van der Waals surface area contributed by atoms with Crippen LogP contribution in [0.5, 0.6) is 0 Å². The van der Waals surface area contributed by atoms with Crippen molar-refractivity contribution in [3.05, 3.63) is 100 Å². The van der Waals surface area contributed by atoms with Crippen LogP contribution in [0.4, 0.5) is 0 Å². The van der Waals surface area contributed by atoms with Gasteiger partial charge in [-0.2, -0.15) is 0 Å². The van der Waals surface area contributed by atoms with Crippen molar-refractivity contribution in [3.8, 4) is 0 Å². The molecule has 1 amide bonds. The first-order chi connectivity index (χ1) is 14.4. The fourth-order valence-electron chi connectivity index (χ4n) is 3.86. The lowest BCUT2D eigenvalue weighted by molar-refractivity contribution is -0.140. The number of Topliss-reactive ketones (excluding diaryl/α,β-unsaturated/α-hetero) is 1. The van der Waals surface area contributed by atoms with Crippen LogP contribution in [0.3, 0.4) is 0 Å². The lowest BCUT2D eigenvalue weighted by Crippen LogP contribution is -2.29. The standard InChI is InChI=1S/C25H23NO4/c1-15-9-10-16(2)19(13-15)23(27)21-22(20-12-11-17(3)30-20)26(25(29)24(21)28)14-18-7-5-4-6-8-18/h4-13,22,27H,14H2,1-3H3. The number of aryl methyl sites for hydroxylation is 3. The first-order valence-electron chi connectivity index (χ1n) is 9.83. The van der Waals surface area contributed by atoms with Gasteiger partial charge in [-0.15, -0.1) is 0 Å². The molecule has 5 heteroatoms. The van der Waals surface area contributed by atoms with Gasteiger partial charge < -0.3 is 14.4 Å². The number of amides is 1. The second-order valence-corrected chi connectivity index (χ2v) is 7.68. The summed E-state index contributed by atoms with van der Waals surface area (Å²) in [6.07, 6.45) is 0. The zero-order valence-corrected chi connectivity index (χ0v) is 17.2. The van der Waals surface area contributed by atoms with Crippen molar-refractivity contribution in [2.24, 2.45) is 0 Å². The maximum absolute atomic E-state index is 13.1. The second kappa shape index (κ2) is 7.67. The second-order valence-electron chi connectivity index (χ2n) is 7.68. The van der Waals surface area contributed by atoms with E-state index in [1.807, 2.05) is 62.4 Å². The summed E-state index contributed by atoms with van der Waals surface area (Å²) in [5.41, 5.74) is 3.26. The lowest BCUT2D eigenvalue weighted by Gasteiger charge is -2.23. The fourth-order valence-corrected chi connectivity index (χ4v) is 3.86. The number of nitrogens with zero attached hydrogens (tertiary/aromatic N) is 1. The third-order valence-electron chi connectivity index (χ3n) is 5.41. The molecule has 1 atom stereocenters. The minimum Gasteiger partial charge on any atom is -0.507 e. The predicted molar refractivity (Wildman–Crippen MR) is 114 cm³/mol. The van der Waals surface area contributed by atoms with Crippen LogP contribution in [0.1, 0.15) is 39.8 Å². The van der Waals surface area contributed by atoms with Crippen LogP contribution in [0, 0.1) is 20.8 Å². The van der Waals surface area contributed by atoms with Gasteiger partial charge in [0.25, 0.3) is 11.7 Å². The third-order valence-corrected chi connectivity index (χ3v) is 5.41. The molecule has 1 saturated heterocycles. The number of hydrogen-bond acceptors (Lipinski definition) is 4. The van der Waals surface area contributed by atoms with E-state index in [2.05, 4.69) is 0 Å². The monoisotopic (exact) mass is 401 g/mol. The summed E-state index contributed by atoms with van der Waals surface area (Å²) in [5, 5.41) is 11.2. The summed E-state index contributed by atoms with van der Waals surface area (Å²) in [6.45, 7) is 5.81. The fraction of sp³-hybridized carbons (Fsp3) is 0.200. The van der Waals surface area contributed by atoms with Crippen molar-refractivity contribution < 1.29 is 19.1 Å². The Balaban J connectivity index is 1.89. The van der Waals surface area contributed by atoms with Gasteiger partial charge in [0.05, 0.1) is 5.57 Å². The summed E-state index contributed by atoms with van der Waals surface area (Å²) >= 11 is 0. The summed E-state index contributed by atoms with van der Waals surface area (Å²) in [6, 6.07) is 17.8. The Labute approximate surface area is 175 Å². The smallest absolute Gasteiger partial charge is 0.296 e. The highest BCUT2D eigenvalue weighted by Crippen LogP contribution is 2.41. The summed E-state index contributed by atoms with van der Waals surface area (Å²) < 4.78 is 5.81. The number of furan rings is 1. The molecule has 1 aliphatic heterocycles. The highest BCUT2D eigenvalue weighted by molar-refractivity contribution is 6.46. The Morgan fingerprint density at radius 3 is 2.40 bits per heavy atom. The lowest BCUT2D eigenvalue weighted by atomic mass is 9.96. The predicted octanol–water partition coefficient (Wildman–Crippen LogP) is 4.83. The highest BCUT2D eigenvalue weighted by atomic mass is 16.3. The van der Waals surface area contributed by atoms with Crippen LogP contribution in [0.25, 0.3) is 5.76 Å². The quantitative estimate of drug-likeness (QED) is 0.386. The molecule has 30 heavy (non-hydrogen) atoms. The van der Waals surface area contributed by atoms with E-state index in [0.29, 0.717) is 17.1 Å². The molecule has 2 aromatic carbocycles. The minimum atomic E-state index is -0.793. The molecule has 4 rings (SSSR count). The van der Waals surface area contributed by atoms with Crippen LogP contribution in [-0.2, 0) is 16.1 Å². The molecule has 0 bridgehead atoms. The highest BCUT2D eigenvalue weighted by Gasteiger charge is 2.47. The number of rotatable bonds is 4. The average Bonchev–Trinajstić information content (AvgIpc) is 3.26. The van der Waals surface area contributed by atoms with E-state index in [-0.39, 0.29) is 17.9 Å². The van der Waals surface area contributed by atoms with E-state index >= 15 is 0 Å². The van der Waals surface area contributed by atoms with Crippen molar-refractivity contribution in [1.82, 2.24) is 4.90 Å². The number of likely N-dealkylation sites (tertiary alicyclic amines) is 1. The molecule has 1 aliphatic rings. The number of carbonyl (C=O) groups is 2. The SMILES string of the molecule is Cc1ccc(C)c(C(O)=C2C(=O)C(=O)N(Cc3ccccc3)C2c2ccc(C)o2)c1. The van der Waals surface area contributed by atoms with E-state index < -0.39 is 17.7 Å². The van der Waals surface area contributed by atoms with Crippen LogP contribution in [-0.4, -0.2) is 21.7 Å². The Kier molecular flexibility index (Phi) is 5.04. The molecule has 2 heterocycles. The maximum atomic E-state index is 13.1. The number of aliphatic hydroxyl groups excluding tert-OH is 1. The van der Waals surface area contributed by atoms with E-state index in [1.54, 1.807) is 19.1 Å². The van der Waals surface area contributed by atoms with Crippen molar-refractivity contribution in [1.29, 1.82) is 0 Å². The molecule has 5 nitrogen and oxygen atoms in total. The number of benzene rings is 2. The van der Waals surface area contributed by atoms with E-state index in [4.69, 9.17) is 4.42 Å². The molecule has 1 fully saturated rings. The number of hydrogen-bond donors (Lipinski definition) is 1. The van der Waals surface area contributed by atoms with Crippen molar-refractivity contribution in [2.45, 2.75) is 33.4 Å². The van der Waals surface area contributed by atoms with Gasteiger partial charge in [-0.05, 0) is 50.1 Å². The average molecular weight is 401 g/mol. The largest absolute Gasteiger partial charge is 0.507 e. The molecule has 3 aromatic rings. The van der Waals surface area contributed by atoms with Gasteiger partial charge in [0, 0.05) is 12.1 Å². The van der Waals surface area contributed by atoms with Gasteiger partial charge in [0.15, 0.2) is 0 Å². The maximum Gasteiger partial charge on any atom is 0.296 e. The molecule has 0 aliphatic carbocycles. The molecule has 0 spiro atoms. The summed E-state index contributed by atoms with van der Waals surface area (Å²) in [5.74, 6) is -0.408. The van der Waals surface area contributed by atoms with E-state index in [9.17, 15) is 14.7 Å². The van der Waals surface area contributed by atoms with Crippen LogP contribution in [0.15, 0.2) is 70.7 Å². The summed E-state index contributed by atoms with van der Waals surface area (Å²) in [4.78, 5) is 27.5. The van der Waals surface area contributed by atoms with E-state index in [1.165, 1.54) is 4.90 Å². The molecule has 1 N–H and O–H groups in total. The molecular weight excluding hydrogens is 378 g/mol. The van der Waals surface area contributed by atoms with Gasteiger partial charge in [-0.25, -0.2) is 0 Å². The van der Waals surface area contributed by atoms with E-state index in [0.717, 1.165) is 16.7 Å². The van der Waals surface area contributed by atoms with Gasteiger partial charge in [-0.3, -0.25) is 9.59 Å². The van der Waals surface area contributed by atoms with Crippen molar-refractivity contribution in [2.75, 3.05) is 0 Å². The number of carbonyl (C=O) groups excluding carboxylic acids is 2. The topological polar surface area (TPSA) is 70.8 Å². The Bertz CT molecular complexity index is 1160. The van der Waals surface area contributed by atoms with Crippen LogP contribution < -0.4 is 0 Å². The molecular formula is C25H23NO4. The zero-order chi connectivity index (χ0) is 21.4. The minimum absolute atomic E-state index is 0.0546. The first kappa shape index (κ1) is 19.7. The van der Waals surface area contributed by atoms with Crippen molar-refractivity contribution in [3.63, 3.8) is 0 Å². The van der Waals surface area contributed by atoms with Crippen LogP contribution >= 0.6 is 0 Å². The Morgan fingerprint density at radius 1 is 1.00 bits per heavy atom. The number of aliphatic hydroxyl groups is 1. The van der Waals surface area contributed by atoms with Gasteiger partial charge in [0.1, 0.15) is 23.3 Å². The van der Waals surface area contributed by atoms with Gasteiger partial charge in [-0.1, -0.05) is 48.0 Å². The zero-order valence-electron chi connectivity index (χ0n) is 17.2. The molecule has 152 valence electrons. The van der Waals surface area contributed by atoms with Gasteiger partial charge >= 0.3 is 0 Å². The normalized spacial score (nSPS) is 18.2. The first-order valence-corrected chi connectivity index (χ1v) is 9.83.